The molecule has 0 fully saturated rings. The van der Waals surface area contributed by atoms with Crippen molar-refractivity contribution < 1.29 is 75.8 Å². The molecule has 0 aromatic rings. The van der Waals surface area contributed by atoms with Gasteiger partial charge in [-0.05, 0) is 161 Å². The van der Waals surface area contributed by atoms with Crippen molar-refractivity contribution in [1.82, 2.24) is 0 Å². The first-order chi connectivity index (χ1) is 54.2. The van der Waals surface area contributed by atoms with Crippen molar-refractivity contribution >= 4 is 33.6 Å². The predicted octanol–water partition coefficient (Wildman–Crippen LogP) is 26.3. The normalized spacial score (nSPS) is 14.7. The van der Waals surface area contributed by atoms with E-state index in [0.717, 1.165) is 180 Å². The highest BCUT2D eigenvalue weighted by atomic mass is 31.2. The van der Waals surface area contributed by atoms with Crippen LogP contribution in [-0.4, -0.2) is 95.9 Å². The van der Waals surface area contributed by atoms with Crippen LogP contribution >= 0.6 is 15.6 Å². The first-order valence-corrected chi connectivity index (χ1v) is 46.4. The predicted molar refractivity (Wildman–Crippen MR) is 463 cm³/mol. The zero-order chi connectivity index (χ0) is 80.8. The van der Waals surface area contributed by atoms with Crippen molar-refractivity contribution in [3.05, 3.63) is 170 Å². The molecule has 4 N–H and O–H groups in total. The number of ether oxygens (including phenoxy) is 3. The van der Waals surface area contributed by atoms with Crippen LogP contribution in [0.25, 0.3) is 0 Å². The van der Waals surface area contributed by atoms with E-state index in [2.05, 4.69) is 191 Å². The molecule has 0 aromatic heterocycles. The molecule has 0 bridgehead atoms. The first-order valence-electron chi connectivity index (χ1n) is 43.4. The van der Waals surface area contributed by atoms with Crippen molar-refractivity contribution in [2.75, 3.05) is 39.6 Å². The van der Waals surface area contributed by atoms with Crippen LogP contribution in [0.5, 0.6) is 0 Å². The van der Waals surface area contributed by atoms with E-state index in [1.165, 1.54) is 103 Å². The standard InChI is InChI=1S/C93H156O16P2/c1-4-7-10-13-16-19-22-25-28-31-34-37-39-41-42-43-44-46-48-50-52-55-58-61-64-67-70-73-76-79-91(96)103-82-88(94)83-105-110(99,100)106-84-89(95)85-107-111(101,102)108-87-90(109-93(98)81-78-75-72-69-66-63-60-57-54-49-36-33-30-27-24-21-18-15-12-9-6-3)86-104-92(97)80-77-74-71-68-65-62-59-56-53-51-47-45-40-38-35-32-29-26-23-20-17-14-11-8-5-2/h7,10,16-21,25-30,34-38,41-42,44-47,49,57,60,88-90,94-95H,4-6,8-9,11-15,22-24,31-33,39-40,43,48,50-56,58-59,61-87H2,1-3H3,(H,99,100)(H,101,102)/b10-7-,19-16-,20-17-,21-18-,28-25-,29-26-,30-27-,37-34-,38-35-,42-41-,46-44-,47-45-,49-36-,60-57-. The van der Waals surface area contributed by atoms with Gasteiger partial charge in [0.05, 0.1) is 26.4 Å². The summed E-state index contributed by atoms with van der Waals surface area (Å²) in [5.74, 6) is -1.61. The molecule has 0 aliphatic heterocycles. The molecule has 111 heavy (non-hydrogen) atoms. The topological polar surface area (TPSA) is 231 Å². The molecular weight excluding hydrogens is 1430 g/mol. The molecule has 0 saturated carbocycles. The molecule has 0 heterocycles. The van der Waals surface area contributed by atoms with E-state index in [4.69, 9.17) is 32.3 Å². The van der Waals surface area contributed by atoms with E-state index in [9.17, 15) is 43.5 Å². The monoisotopic (exact) mass is 1590 g/mol. The molecule has 5 atom stereocenters. The third-order valence-corrected chi connectivity index (χ3v) is 19.8. The van der Waals surface area contributed by atoms with Gasteiger partial charge in [0.25, 0.3) is 0 Å². The molecular formula is C93H156O16P2. The maximum absolute atomic E-state index is 13.0. The highest BCUT2D eigenvalue weighted by Gasteiger charge is 2.29. The molecule has 0 rings (SSSR count). The lowest BCUT2D eigenvalue weighted by Crippen LogP contribution is -2.30. The SMILES string of the molecule is CC/C=C\C/C=C\C/C=C\C/C=C\C/C=C\C/C=C\CCCCCCCCCCCCC(=O)OCC(O)COP(=O)(O)OCC(O)COP(=O)(O)OCC(COC(=O)CCCCCCCCCCC/C=C\C/C=C\C/C=C\C/C=C\CCCCC)OC(=O)CCCCCCC/C=C\C/C=C\C/C=C\C/C=C\CCCCC. The van der Waals surface area contributed by atoms with Crippen LogP contribution in [-0.2, 0) is 55.8 Å². The van der Waals surface area contributed by atoms with Crippen molar-refractivity contribution in [2.24, 2.45) is 0 Å². The summed E-state index contributed by atoms with van der Waals surface area (Å²) in [7, 11) is -9.82. The summed E-state index contributed by atoms with van der Waals surface area (Å²) in [6, 6.07) is 0. The average molecular weight is 1590 g/mol. The van der Waals surface area contributed by atoms with Crippen molar-refractivity contribution in [1.29, 1.82) is 0 Å². The Hall–Kier alpha value is -5.09. The minimum Gasteiger partial charge on any atom is -0.463 e. The molecule has 0 spiro atoms. The summed E-state index contributed by atoms with van der Waals surface area (Å²) in [4.78, 5) is 58.9. The maximum atomic E-state index is 13.0. The third-order valence-electron chi connectivity index (χ3n) is 17.9. The number of carbonyl (C=O) groups is 3. The molecule has 5 unspecified atom stereocenters. The highest BCUT2D eigenvalue weighted by Crippen LogP contribution is 2.45. The van der Waals surface area contributed by atoms with Gasteiger partial charge < -0.3 is 34.2 Å². The van der Waals surface area contributed by atoms with Gasteiger partial charge in [-0.2, -0.15) is 0 Å². The van der Waals surface area contributed by atoms with E-state index in [1.54, 1.807) is 0 Å². The molecule has 0 aliphatic rings. The summed E-state index contributed by atoms with van der Waals surface area (Å²) < 4.78 is 61.4. The Morgan fingerprint density at radius 2 is 0.477 bits per heavy atom. The van der Waals surface area contributed by atoms with Crippen LogP contribution in [0.15, 0.2) is 170 Å². The number of hydrogen-bond acceptors (Lipinski definition) is 14. The fourth-order valence-corrected chi connectivity index (χ4v) is 12.9. The van der Waals surface area contributed by atoms with Gasteiger partial charge in [-0.1, -0.05) is 332 Å². The van der Waals surface area contributed by atoms with Crippen LogP contribution in [0, 0.1) is 0 Å². The molecule has 18 heteroatoms. The van der Waals surface area contributed by atoms with E-state index in [0.29, 0.717) is 19.3 Å². The van der Waals surface area contributed by atoms with E-state index in [1.807, 2.05) is 0 Å². The summed E-state index contributed by atoms with van der Waals surface area (Å²) in [6.45, 7) is 2.50. The second-order valence-electron chi connectivity index (χ2n) is 28.6. The molecule has 634 valence electrons. The van der Waals surface area contributed by atoms with Crippen molar-refractivity contribution in [2.45, 2.75) is 360 Å². The summed E-state index contributed by atoms with van der Waals surface area (Å²) in [5.41, 5.74) is 0. The second-order valence-corrected chi connectivity index (χ2v) is 31.5. The van der Waals surface area contributed by atoms with Gasteiger partial charge in [-0.25, -0.2) is 9.13 Å². The van der Waals surface area contributed by atoms with Gasteiger partial charge >= 0.3 is 33.6 Å². The summed E-state index contributed by atoms with van der Waals surface area (Å²) in [6.07, 6.45) is 108. The number of esters is 3. The molecule has 16 nitrogen and oxygen atoms in total. The Bertz CT molecular complexity index is 2700. The smallest absolute Gasteiger partial charge is 0.463 e. The zero-order valence-corrected chi connectivity index (χ0v) is 71.4. The second kappa shape index (κ2) is 84.3. The average Bonchev–Trinajstić information content (AvgIpc) is 0.898. The number of phosphoric ester groups is 2. The number of phosphoric acid groups is 2. The van der Waals surface area contributed by atoms with E-state index >= 15 is 0 Å². The van der Waals surface area contributed by atoms with Gasteiger partial charge in [0.15, 0.2) is 6.10 Å². The summed E-state index contributed by atoms with van der Waals surface area (Å²) in [5, 5.41) is 20.7. The van der Waals surface area contributed by atoms with Crippen LogP contribution < -0.4 is 0 Å². The lowest BCUT2D eigenvalue weighted by Gasteiger charge is -2.21. The Kier molecular flexibility index (Phi) is 80.4. The van der Waals surface area contributed by atoms with Gasteiger partial charge in [-0.3, -0.25) is 32.5 Å². The Morgan fingerprint density at radius 1 is 0.261 bits per heavy atom. The summed E-state index contributed by atoms with van der Waals surface area (Å²) >= 11 is 0. The third kappa shape index (κ3) is 85.6. The van der Waals surface area contributed by atoms with Crippen LogP contribution in [0.2, 0.25) is 0 Å². The number of aliphatic hydroxyl groups is 2. The lowest BCUT2D eigenvalue weighted by atomic mass is 10.1. The van der Waals surface area contributed by atoms with E-state index < -0.39 is 91.5 Å². The Morgan fingerprint density at radius 3 is 0.757 bits per heavy atom. The molecule has 0 radical (unpaired) electrons. The largest absolute Gasteiger partial charge is 0.472 e. The number of aliphatic hydroxyl groups excluding tert-OH is 2. The Labute approximate surface area is 675 Å². The number of rotatable bonds is 81. The van der Waals surface area contributed by atoms with Crippen LogP contribution in [0.1, 0.15) is 342 Å². The first kappa shape index (κ1) is 106. The molecule has 0 aromatic carbocycles. The highest BCUT2D eigenvalue weighted by molar-refractivity contribution is 7.47. The van der Waals surface area contributed by atoms with Gasteiger partial charge in [0, 0.05) is 19.3 Å². The van der Waals surface area contributed by atoms with Crippen molar-refractivity contribution in [3.8, 4) is 0 Å². The zero-order valence-electron chi connectivity index (χ0n) is 69.6. The van der Waals surface area contributed by atoms with Gasteiger partial charge in [0.1, 0.15) is 25.4 Å². The number of allylic oxidation sites excluding steroid dienone is 28. The molecule has 0 aliphatic carbocycles. The van der Waals surface area contributed by atoms with Crippen LogP contribution in [0.4, 0.5) is 0 Å². The number of hydrogen-bond donors (Lipinski definition) is 4. The fraction of sp³-hybridized carbons (Fsp3) is 0.667. The van der Waals surface area contributed by atoms with E-state index in [-0.39, 0.29) is 19.3 Å². The Balaban J connectivity index is 4.66. The quantitative estimate of drug-likeness (QED) is 0.0146. The molecule has 0 saturated heterocycles. The van der Waals surface area contributed by atoms with Gasteiger partial charge in [-0.15, -0.1) is 0 Å². The number of unbranched alkanes of at least 4 members (excludes halogenated alkanes) is 30. The lowest BCUT2D eigenvalue weighted by molar-refractivity contribution is -0.161. The minimum absolute atomic E-state index is 0.0773. The fourth-order valence-electron chi connectivity index (χ4n) is 11.3. The van der Waals surface area contributed by atoms with Gasteiger partial charge in [0.2, 0.25) is 0 Å². The van der Waals surface area contributed by atoms with Crippen LogP contribution in [0.3, 0.4) is 0 Å². The molecule has 0 amide bonds. The number of carbonyl (C=O) groups excluding carboxylic acids is 3. The minimum atomic E-state index is -4.95. The van der Waals surface area contributed by atoms with Crippen molar-refractivity contribution in [3.63, 3.8) is 0 Å². The maximum Gasteiger partial charge on any atom is 0.472 e.